The van der Waals surface area contributed by atoms with E-state index in [0.29, 0.717) is 0 Å². The highest BCUT2D eigenvalue weighted by Crippen LogP contribution is 2.41. The average Bonchev–Trinajstić information content (AvgIpc) is 3.08. The van der Waals surface area contributed by atoms with E-state index < -0.39 is 38.5 Å². The van der Waals surface area contributed by atoms with Crippen LogP contribution < -0.4 is 5.73 Å². The number of ether oxygens (including phenoxy) is 1. The Labute approximate surface area is 140 Å². The highest BCUT2D eigenvalue weighted by Gasteiger charge is 2.55. The number of imidazole rings is 1. The third kappa shape index (κ3) is 2.93. The number of aromatic nitrogens is 4. The fraction of sp³-hybridized carbons (Fsp3) is 0.417. The Morgan fingerprint density at radius 1 is 1.44 bits per heavy atom. The van der Waals surface area contributed by atoms with E-state index >= 15 is 0 Å². The van der Waals surface area contributed by atoms with Crippen LogP contribution in [0.15, 0.2) is 25.3 Å². The largest absolute Gasteiger partial charge is 0.469 e. The zero-order valence-electron chi connectivity index (χ0n) is 12.7. The number of aliphatic hydroxyl groups excluding tert-OH is 2. The lowest BCUT2D eigenvalue weighted by Gasteiger charge is -2.30. The van der Waals surface area contributed by atoms with Crippen LogP contribution in [0.5, 0.6) is 0 Å². The number of hydrogen-bond acceptors (Lipinski definition) is 9. The van der Waals surface area contributed by atoms with Crippen LogP contribution in [0.4, 0.5) is 5.82 Å². The summed E-state index contributed by atoms with van der Waals surface area (Å²) in [6.45, 7) is 2.96. The molecular formula is C12H16N5O7P. The van der Waals surface area contributed by atoms with Crippen molar-refractivity contribution < 1.29 is 33.8 Å². The SMILES string of the molecule is C=C[C@@]1(n2cnc3c(N)ncnc32)O[C@H](COP(=O)(O)O)[C@@H](O)[C@H]1O. The van der Waals surface area contributed by atoms with Crippen molar-refractivity contribution >= 4 is 24.8 Å². The summed E-state index contributed by atoms with van der Waals surface area (Å²) < 4.78 is 22.2. The Hall–Kier alpha value is -1.92. The van der Waals surface area contributed by atoms with Gasteiger partial charge in [-0.1, -0.05) is 6.58 Å². The van der Waals surface area contributed by atoms with E-state index in [1.165, 1.54) is 23.3 Å². The van der Waals surface area contributed by atoms with Crippen molar-refractivity contribution in [3.63, 3.8) is 0 Å². The molecule has 0 saturated carbocycles. The molecule has 0 amide bonds. The number of phosphoric acid groups is 1. The molecule has 1 aliphatic heterocycles. The molecule has 0 spiro atoms. The van der Waals surface area contributed by atoms with Gasteiger partial charge in [0.2, 0.25) is 0 Å². The fourth-order valence-electron chi connectivity index (χ4n) is 2.71. The van der Waals surface area contributed by atoms with Gasteiger partial charge in [-0.05, 0) is 6.08 Å². The van der Waals surface area contributed by atoms with Crippen molar-refractivity contribution in [2.45, 2.75) is 24.0 Å². The molecule has 13 heteroatoms. The van der Waals surface area contributed by atoms with Crippen LogP contribution in [-0.4, -0.2) is 64.4 Å². The molecule has 0 unspecified atom stereocenters. The lowest BCUT2D eigenvalue weighted by molar-refractivity contribution is -0.109. The predicted octanol–water partition coefficient (Wildman–Crippen LogP) is -1.52. The monoisotopic (exact) mass is 373 g/mol. The van der Waals surface area contributed by atoms with Gasteiger partial charge in [-0.25, -0.2) is 19.5 Å². The molecule has 3 heterocycles. The van der Waals surface area contributed by atoms with Gasteiger partial charge in [-0.3, -0.25) is 9.09 Å². The van der Waals surface area contributed by atoms with Crippen LogP contribution in [0.1, 0.15) is 0 Å². The molecule has 0 aromatic carbocycles. The molecule has 0 bridgehead atoms. The van der Waals surface area contributed by atoms with Crippen molar-refractivity contribution in [3.05, 3.63) is 25.3 Å². The number of hydrogen-bond donors (Lipinski definition) is 5. The van der Waals surface area contributed by atoms with E-state index in [0.717, 1.165) is 0 Å². The van der Waals surface area contributed by atoms with E-state index in [4.69, 9.17) is 20.3 Å². The van der Waals surface area contributed by atoms with Gasteiger partial charge in [0.1, 0.15) is 30.2 Å². The maximum atomic E-state index is 10.9. The molecule has 12 nitrogen and oxygen atoms in total. The molecular weight excluding hydrogens is 357 g/mol. The summed E-state index contributed by atoms with van der Waals surface area (Å²) in [5.41, 5.74) is 4.50. The first-order valence-electron chi connectivity index (χ1n) is 7.01. The van der Waals surface area contributed by atoms with Gasteiger partial charge in [-0.15, -0.1) is 0 Å². The lowest BCUT2D eigenvalue weighted by Crippen LogP contribution is -2.43. The van der Waals surface area contributed by atoms with Crippen LogP contribution in [0, 0.1) is 0 Å². The number of fused-ring (bicyclic) bond motifs is 1. The summed E-state index contributed by atoms with van der Waals surface area (Å²) in [5, 5.41) is 20.7. The highest BCUT2D eigenvalue weighted by molar-refractivity contribution is 7.46. The number of phosphoric ester groups is 1. The van der Waals surface area contributed by atoms with Crippen molar-refractivity contribution in [2.75, 3.05) is 12.3 Å². The molecule has 0 radical (unpaired) electrons. The normalized spacial score (nSPS) is 30.0. The van der Waals surface area contributed by atoms with E-state index in [2.05, 4.69) is 26.1 Å². The van der Waals surface area contributed by atoms with Crippen LogP contribution in [-0.2, 0) is 19.6 Å². The van der Waals surface area contributed by atoms with Gasteiger partial charge in [0.25, 0.3) is 0 Å². The first kappa shape index (κ1) is 17.9. The smallest absolute Gasteiger partial charge is 0.387 e. The summed E-state index contributed by atoms with van der Waals surface area (Å²) in [4.78, 5) is 29.5. The molecule has 4 atom stereocenters. The Balaban J connectivity index is 2.01. The van der Waals surface area contributed by atoms with E-state index in [1.807, 2.05) is 0 Å². The van der Waals surface area contributed by atoms with Gasteiger partial charge < -0.3 is 30.5 Å². The number of rotatable bonds is 5. The quantitative estimate of drug-likeness (QED) is 0.302. The zero-order valence-corrected chi connectivity index (χ0v) is 13.6. The maximum absolute atomic E-state index is 10.9. The molecule has 2 aromatic rings. The Morgan fingerprint density at radius 3 is 2.80 bits per heavy atom. The van der Waals surface area contributed by atoms with Crippen LogP contribution >= 0.6 is 7.82 Å². The minimum Gasteiger partial charge on any atom is -0.387 e. The number of anilines is 1. The molecule has 6 N–H and O–H groups in total. The van der Waals surface area contributed by atoms with Crippen molar-refractivity contribution in [1.29, 1.82) is 0 Å². The zero-order chi connectivity index (χ0) is 18.4. The summed E-state index contributed by atoms with van der Waals surface area (Å²) in [5.74, 6) is 0.109. The first-order chi connectivity index (χ1) is 11.7. The van der Waals surface area contributed by atoms with Crippen molar-refractivity contribution in [2.24, 2.45) is 0 Å². The standard InChI is InChI=1S/C12H16N5O7P/c1-2-12(17-5-16-7-10(13)14-4-15-11(7)17)9(19)8(18)6(24-12)3-23-25(20,21)22/h2,4-6,8-9,18-19H,1,3H2,(H2,13,14,15)(H2,20,21,22)/t6-,8-,9-,12-/m1/s1. The molecule has 25 heavy (non-hydrogen) atoms. The summed E-state index contributed by atoms with van der Waals surface area (Å²) in [6, 6.07) is 0. The highest BCUT2D eigenvalue weighted by atomic mass is 31.2. The first-order valence-corrected chi connectivity index (χ1v) is 8.54. The molecule has 2 aromatic heterocycles. The fourth-order valence-corrected chi connectivity index (χ4v) is 3.05. The maximum Gasteiger partial charge on any atom is 0.469 e. The van der Waals surface area contributed by atoms with Crippen LogP contribution in [0.25, 0.3) is 11.2 Å². The molecule has 1 aliphatic rings. The summed E-state index contributed by atoms with van der Waals surface area (Å²) in [7, 11) is -4.78. The third-order valence-corrected chi connectivity index (χ3v) is 4.39. The summed E-state index contributed by atoms with van der Waals surface area (Å²) in [6.07, 6.45) is -0.599. The molecule has 1 fully saturated rings. The minimum absolute atomic E-state index is 0.109. The van der Waals surface area contributed by atoms with Crippen LogP contribution in [0.3, 0.4) is 0 Å². The number of nitrogen functional groups attached to an aromatic ring is 1. The molecule has 1 saturated heterocycles. The third-order valence-electron chi connectivity index (χ3n) is 3.91. The molecule has 0 aliphatic carbocycles. The topological polar surface area (TPSA) is 186 Å². The van der Waals surface area contributed by atoms with Crippen LogP contribution in [0.2, 0.25) is 0 Å². The lowest BCUT2D eigenvalue weighted by atomic mass is 10.0. The van der Waals surface area contributed by atoms with Crippen molar-refractivity contribution in [3.8, 4) is 0 Å². The Kier molecular flexibility index (Phi) is 4.37. The molecule has 136 valence electrons. The summed E-state index contributed by atoms with van der Waals surface area (Å²) >= 11 is 0. The van der Waals surface area contributed by atoms with Gasteiger partial charge in [-0.2, -0.15) is 0 Å². The number of nitrogens with two attached hydrogens (primary N) is 1. The minimum atomic E-state index is -4.78. The van der Waals surface area contributed by atoms with Gasteiger partial charge in [0, 0.05) is 0 Å². The van der Waals surface area contributed by atoms with E-state index in [9.17, 15) is 14.8 Å². The van der Waals surface area contributed by atoms with Gasteiger partial charge >= 0.3 is 7.82 Å². The average molecular weight is 373 g/mol. The Bertz CT molecular complexity index is 853. The van der Waals surface area contributed by atoms with Crippen molar-refractivity contribution in [1.82, 2.24) is 19.5 Å². The number of aliphatic hydroxyl groups is 2. The second kappa shape index (κ2) is 6.11. The second-order valence-corrected chi connectivity index (χ2v) is 6.62. The second-order valence-electron chi connectivity index (χ2n) is 5.38. The Morgan fingerprint density at radius 2 is 2.16 bits per heavy atom. The van der Waals surface area contributed by atoms with Gasteiger partial charge in [0.15, 0.2) is 17.2 Å². The van der Waals surface area contributed by atoms with E-state index in [1.54, 1.807) is 0 Å². The predicted molar refractivity (Wildman–Crippen MR) is 82.8 cm³/mol. The van der Waals surface area contributed by atoms with E-state index in [-0.39, 0.29) is 17.0 Å². The molecule has 3 rings (SSSR count). The van der Waals surface area contributed by atoms with Gasteiger partial charge in [0.05, 0.1) is 12.9 Å². The number of nitrogens with zero attached hydrogens (tertiary/aromatic N) is 4.